The van der Waals surface area contributed by atoms with Crippen LogP contribution in [0.1, 0.15) is 15.9 Å². The number of carbonyl (C=O) groups excluding carboxylic acids is 1. The Morgan fingerprint density at radius 2 is 1.93 bits per heavy atom. The van der Waals surface area contributed by atoms with Gasteiger partial charge in [-0.2, -0.15) is 0 Å². The maximum atomic E-state index is 10.3. The van der Waals surface area contributed by atoms with Crippen LogP contribution in [0.2, 0.25) is 0 Å². The lowest BCUT2D eigenvalue weighted by Crippen LogP contribution is -1.88. The first-order valence-electron chi connectivity index (χ1n) is 4.16. The lowest BCUT2D eigenvalue weighted by molar-refractivity contribution is -0.131. The van der Waals surface area contributed by atoms with Crippen LogP contribution in [0.5, 0.6) is 0 Å². The lowest BCUT2D eigenvalue weighted by atomic mass is 10.1. The van der Waals surface area contributed by atoms with Crippen molar-refractivity contribution in [1.29, 1.82) is 0 Å². The number of aliphatic carboxylic acids is 1. The third-order valence-corrected chi connectivity index (χ3v) is 1.73. The quantitative estimate of drug-likeness (QED) is 0.580. The summed E-state index contributed by atoms with van der Waals surface area (Å²) >= 11 is 0. The predicted octanol–water partition coefficient (Wildman–Crippen LogP) is 1.68. The van der Waals surface area contributed by atoms with Gasteiger partial charge in [0.15, 0.2) is 0 Å². The molecule has 0 atom stereocenters. The van der Waals surface area contributed by atoms with Crippen LogP contribution in [0.15, 0.2) is 36.4 Å². The Balaban J connectivity index is 2.60. The Morgan fingerprint density at radius 1 is 1.29 bits per heavy atom. The number of hydrogen-bond donors (Lipinski definition) is 1. The van der Waals surface area contributed by atoms with Crippen LogP contribution in [-0.2, 0) is 11.2 Å². The van der Waals surface area contributed by atoms with E-state index in [9.17, 15) is 9.59 Å². The van der Waals surface area contributed by atoms with Gasteiger partial charge in [-0.1, -0.05) is 30.3 Å². The number of aldehydes is 1. The van der Waals surface area contributed by atoms with Gasteiger partial charge in [0.05, 0.1) is 0 Å². The maximum Gasteiger partial charge on any atom is 0.327 e. The number of carboxylic acid groups (broad SMARTS) is 1. The smallest absolute Gasteiger partial charge is 0.327 e. The summed E-state index contributed by atoms with van der Waals surface area (Å²) in [6.45, 7) is 0. The molecule has 1 rings (SSSR count). The van der Waals surface area contributed by atoms with Crippen LogP contribution in [0.3, 0.4) is 0 Å². The molecule has 0 bridgehead atoms. The topological polar surface area (TPSA) is 54.4 Å². The minimum absolute atomic E-state index is 0.561. The predicted molar refractivity (Wildman–Crippen MR) is 52.3 cm³/mol. The van der Waals surface area contributed by atoms with Gasteiger partial charge in [0.25, 0.3) is 0 Å². The highest BCUT2D eigenvalue weighted by Gasteiger charge is 1.92. The Labute approximate surface area is 81.7 Å². The van der Waals surface area contributed by atoms with Crippen molar-refractivity contribution in [2.45, 2.75) is 6.42 Å². The highest BCUT2D eigenvalue weighted by atomic mass is 16.4. The van der Waals surface area contributed by atoms with Gasteiger partial charge in [0, 0.05) is 11.6 Å². The number of allylic oxidation sites excluding steroid dienone is 1. The first kappa shape index (κ1) is 10.2. The molecular weight excluding hydrogens is 180 g/mol. The van der Waals surface area contributed by atoms with Crippen LogP contribution in [0.4, 0.5) is 0 Å². The van der Waals surface area contributed by atoms with E-state index in [0.29, 0.717) is 12.0 Å². The molecule has 1 aromatic rings. The van der Waals surface area contributed by atoms with Crippen LogP contribution < -0.4 is 0 Å². The minimum Gasteiger partial charge on any atom is -0.478 e. The standard InChI is InChI=1S/C11H10O3/c12-8-10-6-4-9(5-7-10)2-1-3-11(13)14/h1,3-8H,2H2,(H,13,14)/b3-1+. The molecule has 0 amide bonds. The second-order valence-electron chi connectivity index (χ2n) is 2.80. The molecule has 0 spiro atoms. The summed E-state index contributed by atoms with van der Waals surface area (Å²) in [5, 5.41) is 8.34. The van der Waals surface area contributed by atoms with Gasteiger partial charge in [0.1, 0.15) is 6.29 Å². The van der Waals surface area contributed by atoms with Crippen molar-refractivity contribution in [3.05, 3.63) is 47.5 Å². The number of carbonyl (C=O) groups is 2. The van der Waals surface area contributed by atoms with Crippen molar-refractivity contribution in [2.24, 2.45) is 0 Å². The first-order valence-corrected chi connectivity index (χ1v) is 4.16. The molecule has 0 radical (unpaired) electrons. The van der Waals surface area contributed by atoms with E-state index >= 15 is 0 Å². The molecular formula is C11H10O3. The average molecular weight is 190 g/mol. The van der Waals surface area contributed by atoms with Gasteiger partial charge in [0.2, 0.25) is 0 Å². The van der Waals surface area contributed by atoms with E-state index in [0.717, 1.165) is 17.9 Å². The van der Waals surface area contributed by atoms with Crippen molar-refractivity contribution >= 4 is 12.3 Å². The fourth-order valence-corrected chi connectivity index (χ4v) is 1.03. The monoisotopic (exact) mass is 190 g/mol. The molecule has 0 saturated carbocycles. The summed E-state index contributed by atoms with van der Waals surface area (Å²) in [4.78, 5) is 20.5. The Kier molecular flexibility index (Phi) is 3.61. The van der Waals surface area contributed by atoms with Crippen LogP contribution >= 0.6 is 0 Å². The second-order valence-corrected chi connectivity index (χ2v) is 2.80. The number of hydrogen-bond acceptors (Lipinski definition) is 2. The maximum absolute atomic E-state index is 10.3. The van der Waals surface area contributed by atoms with Crippen molar-refractivity contribution in [3.8, 4) is 0 Å². The average Bonchev–Trinajstić information content (AvgIpc) is 2.18. The van der Waals surface area contributed by atoms with E-state index in [1.807, 2.05) is 0 Å². The van der Waals surface area contributed by atoms with Crippen molar-refractivity contribution < 1.29 is 14.7 Å². The highest BCUT2D eigenvalue weighted by Crippen LogP contribution is 2.03. The van der Waals surface area contributed by atoms with E-state index in [1.165, 1.54) is 0 Å². The molecule has 1 N–H and O–H groups in total. The normalized spacial score (nSPS) is 10.3. The van der Waals surface area contributed by atoms with Gasteiger partial charge in [-0.25, -0.2) is 4.79 Å². The second kappa shape index (κ2) is 4.97. The van der Waals surface area contributed by atoms with Crippen LogP contribution in [0.25, 0.3) is 0 Å². The van der Waals surface area contributed by atoms with Gasteiger partial charge in [-0.05, 0) is 12.0 Å². The van der Waals surface area contributed by atoms with Gasteiger partial charge < -0.3 is 5.11 Å². The molecule has 3 heteroatoms. The molecule has 0 aliphatic carbocycles. The van der Waals surface area contributed by atoms with Crippen molar-refractivity contribution in [1.82, 2.24) is 0 Å². The lowest BCUT2D eigenvalue weighted by Gasteiger charge is -1.95. The van der Waals surface area contributed by atoms with Crippen LogP contribution in [-0.4, -0.2) is 17.4 Å². The molecule has 0 fully saturated rings. The zero-order chi connectivity index (χ0) is 10.4. The molecule has 0 aromatic heterocycles. The Bertz CT molecular complexity index is 349. The van der Waals surface area contributed by atoms with E-state index in [-0.39, 0.29) is 0 Å². The molecule has 0 unspecified atom stereocenters. The van der Waals surface area contributed by atoms with Crippen LogP contribution in [0, 0.1) is 0 Å². The van der Waals surface area contributed by atoms with Crippen molar-refractivity contribution in [3.63, 3.8) is 0 Å². The Hall–Kier alpha value is -1.90. The van der Waals surface area contributed by atoms with Gasteiger partial charge in [-0.3, -0.25) is 4.79 Å². The summed E-state index contributed by atoms with van der Waals surface area (Å²) in [6, 6.07) is 7.01. The molecule has 0 aliphatic rings. The zero-order valence-corrected chi connectivity index (χ0v) is 7.51. The number of rotatable bonds is 4. The molecule has 3 nitrogen and oxygen atoms in total. The summed E-state index contributed by atoms with van der Waals surface area (Å²) in [6.07, 6.45) is 4.01. The molecule has 0 saturated heterocycles. The molecule has 72 valence electrons. The van der Waals surface area contributed by atoms with E-state index in [2.05, 4.69) is 0 Å². The van der Waals surface area contributed by atoms with Gasteiger partial charge >= 0.3 is 5.97 Å². The third kappa shape index (κ3) is 3.23. The fourth-order valence-electron chi connectivity index (χ4n) is 1.03. The molecule has 14 heavy (non-hydrogen) atoms. The third-order valence-electron chi connectivity index (χ3n) is 1.73. The molecule has 0 aliphatic heterocycles. The molecule has 1 aromatic carbocycles. The zero-order valence-electron chi connectivity index (χ0n) is 7.51. The van der Waals surface area contributed by atoms with E-state index < -0.39 is 5.97 Å². The largest absolute Gasteiger partial charge is 0.478 e. The van der Waals surface area contributed by atoms with E-state index in [4.69, 9.17) is 5.11 Å². The van der Waals surface area contributed by atoms with Crippen molar-refractivity contribution in [2.75, 3.05) is 0 Å². The van der Waals surface area contributed by atoms with E-state index in [1.54, 1.807) is 30.3 Å². The summed E-state index contributed by atoms with van der Waals surface area (Å²) in [5.74, 6) is -0.950. The summed E-state index contributed by atoms with van der Waals surface area (Å²) in [5.41, 5.74) is 1.60. The number of carboxylic acids is 1. The number of benzene rings is 1. The van der Waals surface area contributed by atoms with Gasteiger partial charge in [-0.15, -0.1) is 0 Å². The Morgan fingerprint density at radius 3 is 2.43 bits per heavy atom. The minimum atomic E-state index is -0.950. The highest BCUT2D eigenvalue weighted by molar-refractivity contribution is 5.79. The SMILES string of the molecule is O=Cc1ccc(C/C=C/C(=O)O)cc1. The first-order chi connectivity index (χ1) is 6.72. The fraction of sp³-hybridized carbons (Fsp3) is 0.0909. The summed E-state index contributed by atoms with van der Waals surface area (Å²) in [7, 11) is 0. The molecule has 0 heterocycles. The summed E-state index contributed by atoms with van der Waals surface area (Å²) < 4.78 is 0.